The molecule has 1 aromatic rings. The van der Waals surface area contributed by atoms with Crippen LogP contribution in [0, 0.1) is 5.92 Å². The molecule has 0 unspecified atom stereocenters. The third kappa shape index (κ3) is 4.24. The summed E-state index contributed by atoms with van der Waals surface area (Å²) in [7, 11) is 0. The number of carbonyl (C=O) groups is 1. The van der Waals surface area contributed by atoms with E-state index in [0.717, 1.165) is 25.7 Å². The average molecular weight is 263 g/mol. The molecule has 0 aliphatic heterocycles. The van der Waals surface area contributed by atoms with Gasteiger partial charge in [0.05, 0.1) is 5.60 Å². The summed E-state index contributed by atoms with van der Waals surface area (Å²) < 4.78 is 5.11. The van der Waals surface area contributed by atoms with Crippen LogP contribution in [-0.2, 0) is 0 Å². The average Bonchev–Trinajstić information content (AvgIpc) is 2.42. The van der Waals surface area contributed by atoms with Crippen LogP contribution in [0.3, 0.4) is 0 Å². The Morgan fingerprint density at radius 1 is 1.37 bits per heavy atom. The van der Waals surface area contributed by atoms with Crippen molar-refractivity contribution in [1.29, 1.82) is 0 Å². The van der Waals surface area contributed by atoms with E-state index in [2.05, 4.69) is 12.2 Å². The Balaban J connectivity index is 1.77. The summed E-state index contributed by atoms with van der Waals surface area (Å²) in [4.78, 5) is 11.6. The Labute approximate surface area is 113 Å². The lowest BCUT2D eigenvalue weighted by Gasteiger charge is -2.34. The summed E-state index contributed by atoms with van der Waals surface area (Å²) >= 11 is 0. The lowest BCUT2D eigenvalue weighted by Crippen LogP contribution is -2.45. The first-order valence-electron chi connectivity index (χ1n) is 6.80. The number of benzene rings is 1. The molecule has 19 heavy (non-hydrogen) atoms. The second kappa shape index (κ2) is 6.06. The second-order valence-corrected chi connectivity index (χ2v) is 5.46. The fourth-order valence-corrected chi connectivity index (χ4v) is 2.34. The summed E-state index contributed by atoms with van der Waals surface area (Å²) in [5.74, 6) is 1.17. The Bertz CT molecular complexity index is 411. The topological polar surface area (TPSA) is 58.6 Å². The van der Waals surface area contributed by atoms with Gasteiger partial charge in [0, 0.05) is 6.54 Å². The molecule has 1 aromatic carbocycles. The van der Waals surface area contributed by atoms with Crippen molar-refractivity contribution in [2.24, 2.45) is 5.92 Å². The van der Waals surface area contributed by atoms with Gasteiger partial charge in [-0.2, -0.15) is 0 Å². The molecule has 0 heterocycles. The molecular weight excluding hydrogens is 242 g/mol. The standard InChI is InChI=1S/C15H21NO3/c1-12-7-9-15(18,10-8-12)11-16-14(17)19-13-5-3-2-4-6-13/h2-6,12,18H,7-11H2,1H3,(H,16,17). The van der Waals surface area contributed by atoms with Crippen molar-refractivity contribution in [3.05, 3.63) is 30.3 Å². The SMILES string of the molecule is CC1CCC(O)(CNC(=O)Oc2ccccc2)CC1. The van der Waals surface area contributed by atoms with Crippen molar-refractivity contribution >= 4 is 6.09 Å². The second-order valence-electron chi connectivity index (χ2n) is 5.46. The van der Waals surface area contributed by atoms with Crippen LogP contribution in [-0.4, -0.2) is 23.3 Å². The van der Waals surface area contributed by atoms with Crippen molar-refractivity contribution in [3.8, 4) is 5.75 Å². The van der Waals surface area contributed by atoms with Gasteiger partial charge in [-0.15, -0.1) is 0 Å². The molecule has 104 valence electrons. The highest BCUT2D eigenvalue weighted by Gasteiger charge is 2.32. The quantitative estimate of drug-likeness (QED) is 0.881. The Kier molecular flexibility index (Phi) is 4.43. The molecule has 0 radical (unpaired) electrons. The van der Waals surface area contributed by atoms with Gasteiger partial charge in [0.2, 0.25) is 0 Å². The number of para-hydroxylation sites is 1. The zero-order valence-corrected chi connectivity index (χ0v) is 11.3. The van der Waals surface area contributed by atoms with E-state index in [-0.39, 0.29) is 6.54 Å². The summed E-state index contributed by atoms with van der Waals surface area (Å²) in [6.07, 6.45) is 2.97. The van der Waals surface area contributed by atoms with E-state index in [1.165, 1.54) is 0 Å². The number of nitrogens with one attached hydrogen (secondary N) is 1. The lowest BCUT2D eigenvalue weighted by atomic mass is 9.79. The van der Waals surface area contributed by atoms with E-state index in [9.17, 15) is 9.90 Å². The number of carbonyl (C=O) groups excluding carboxylic acids is 1. The van der Waals surface area contributed by atoms with Crippen LogP contribution in [0.25, 0.3) is 0 Å². The molecule has 0 atom stereocenters. The summed E-state index contributed by atoms with van der Waals surface area (Å²) in [5.41, 5.74) is -0.776. The number of hydrogen-bond acceptors (Lipinski definition) is 3. The van der Waals surface area contributed by atoms with Crippen LogP contribution in [0.15, 0.2) is 30.3 Å². The normalized spacial score (nSPS) is 26.7. The summed E-state index contributed by atoms with van der Waals surface area (Å²) in [5, 5.41) is 13.0. The van der Waals surface area contributed by atoms with Crippen LogP contribution in [0.5, 0.6) is 5.75 Å². The fraction of sp³-hybridized carbons (Fsp3) is 0.533. The molecule has 1 saturated carbocycles. The number of ether oxygens (including phenoxy) is 1. The minimum absolute atomic E-state index is 0.255. The summed E-state index contributed by atoms with van der Waals surface area (Å²) in [6, 6.07) is 8.90. The molecule has 0 saturated heterocycles. The molecule has 1 fully saturated rings. The Morgan fingerprint density at radius 2 is 2.00 bits per heavy atom. The van der Waals surface area contributed by atoms with Gasteiger partial charge in [0.15, 0.2) is 0 Å². The predicted molar refractivity (Wildman–Crippen MR) is 73.1 cm³/mol. The van der Waals surface area contributed by atoms with Crippen molar-refractivity contribution < 1.29 is 14.6 Å². The van der Waals surface area contributed by atoms with Crippen LogP contribution >= 0.6 is 0 Å². The molecule has 1 amide bonds. The zero-order chi connectivity index (χ0) is 13.7. The van der Waals surface area contributed by atoms with Gasteiger partial charge in [-0.3, -0.25) is 0 Å². The van der Waals surface area contributed by atoms with Crippen LogP contribution in [0.2, 0.25) is 0 Å². The first-order valence-corrected chi connectivity index (χ1v) is 6.80. The van der Waals surface area contributed by atoms with Gasteiger partial charge >= 0.3 is 6.09 Å². The van der Waals surface area contributed by atoms with Crippen molar-refractivity contribution in [3.63, 3.8) is 0 Å². The fourth-order valence-electron chi connectivity index (χ4n) is 2.34. The highest BCUT2D eigenvalue weighted by Crippen LogP contribution is 2.31. The highest BCUT2D eigenvalue weighted by molar-refractivity contribution is 5.70. The van der Waals surface area contributed by atoms with E-state index in [4.69, 9.17) is 4.74 Å². The predicted octanol–water partition coefficient (Wildman–Crippen LogP) is 2.72. The molecule has 0 spiro atoms. The Morgan fingerprint density at radius 3 is 2.63 bits per heavy atom. The smallest absolute Gasteiger partial charge is 0.410 e. The zero-order valence-electron chi connectivity index (χ0n) is 11.3. The first kappa shape index (κ1) is 13.9. The van der Waals surface area contributed by atoms with E-state index in [1.54, 1.807) is 24.3 Å². The molecule has 1 aliphatic rings. The third-order valence-corrected chi connectivity index (χ3v) is 3.72. The largest absolute Gasteiger partial charge is 0.412 e. The van der Waals surface area contributed by atoms with Crippen LogP contribution in [0.4, 0.5) is 4.79 Å². The number of aliphatic hydroxyl groups is 1. The molecule has 4 heteroatoms. The molecule has 2 N–H and O–H groups in total. The monoisotopic (exact) mass is 263 g/mol. The van der Waals surface area contributed by atoms with Crippen molar-refractivity contribution in [1.82, 2.24) is 5.32 Å². The molecule has 0 aromatic heterocycles. The summed E-state index contributed by atoms with van der Waals surface area (Å²) in [6.45, 7) is 2.45. The molecule has 0 bridgehead atoms. The number of amides is 1. The lowest BCUT2D eigenvalue weighted by molar-refractivity contribution is -0.00497. The van der Waals surface area contributed by atoms with Gasteiger partial charge in [0.1, 0.15) is 5.75 Å². The van der Waals surface area contributed by atoms with Crippen molar-refractivity contribution in [2.45, 2.75) is 38.2 Å². The minimum Gasteiger partial charge on any atom is -0.410 e. The number of hydrogen-bond donors (Lipinski definition) is 2. The van der Waals surface area contributed by atoms with Gasteiger partial charge in [-0.1, -0.05) is 25.1 Å². The van der Waals surface area contributed by atoms with Crippen molar-refractivity contribution in [2.75, 3.05) is 6.54 Å². The molecular formula is C15H21NO3. The maximum Gasteiger partial charge on any atom is 0.412 e. The maximum atomic E-state index is 11.6. The third-order valence-electron chi connectivity index (χ3n) is 3.72. The maximum absolute atomic E-state index is 11.6. The van der Waals surface area contributed by atoms with Gasteiger partial charge < -0.3 is 15.2 Å². The van der Waals surface area contributed by atoms with E-state index in [1.807, 2.05) is 6.07 Å². The Hall–Kier alpha value is -1.55. The van der Waals surface area contributed by atoms with E-state index < -0.39 is 11.7 Å². The highest BCUT2D eigenvalue weighted by atomic mass is 16.6. The van der Waals surface area contributed by atoms with Crippen LogP contribution < -0.4 is 10.1 Å². The van der Waals surface area contributed by atoms with E-state index in [0.29, 0.717) is 11.7 Å². The van der Waals surface area contributed by atoms with Gasteiger partial charge in [-0.05, 0) is 43.7 Å². The first-order chi connectivity index (χ1) is 9.07. The molecule has 4 nitrogen and oxygen atoms in total. The molecule has 1 aliphatic carbocycles. The van der Waals surface area contributed by atoms with E-state index >= 15 is 0 Å². The van der Waals surface area contributed by atoms with Gasteiger partial charge in [-0.25, -0.2) is 4.79 Å². The van der Waals surface area contributed by atoms with Gasteiger partial charge in [0.25, 0.3) is 0 Å². The minimum atomic E-state index is -0.776. The number of rotatable bonds is 3. The molecule has 2 rings (SSSR count). The van der Waals surface area contributed by atoms with Crippen LogP contribution in [0.1, 0.15) is 32.6 Å².